The molecule has 0 bridgehead atoms. The van der Waals surface area contributed by atoms with E-state index in [9.17, 15) is 53.4 Å². The van der Waals surface area contributed by atoms with Crippen molar-refractivity contribution in [1.82, 2.24) is 52.8 Å². The molecule has 1 aromatic heterocycles. The Morgan fingerprint density at radius 2 is 1.15 bits per heavy atom. The topological polar surface area (TPSA) is 361 Å². The Bertz CT molecular complexity index is 2590. The van der Waals surface area contributed by atoms with Gasteiger partial charge in [0, 0.05) is 55.6 Å². The molecule has 0 radical (unpaired) electrons. The summed E-state index contributed by atoms with van der Waals surface area (Å²) in [7, 11) is 4.49. The van der Waals surface area contributed by atoms with Crippen molar-refractivity contribution in [3.8, 4) is 11.5 Å². The van der Waals surface area contributed by atoms with E-state index in [2.05, 4.69) is 59.8 Å². The number of aryl methyl sites for hydroxylation is 1. The van der Waals surface area contributed by atoms with E-state index >= 15 is 0 Å². The summed E-state index contributed by atoms with van der Waals surface area (Å²) >= 11 is 5.97. The van der Waals surface area contributed by atoms with E-state index in [-0.39, 0.29) is 61.4 Å². The summed E-state index contributed by atoms with van der Waals surface area (Å²) in [6, 6.07) is 18.0. The number of phenolic OH excluding ortho intramolecular Hbond substituents is 2. The third-order valence-corrected chi connectivity index (χ3v) is 13.5. The number of primary amides is 1. The van der Waals surface area contributed by atoms with Crippen molar-refractivity contribution in [1.29, 1.82) is 0 Å². The first-order valence-corrected chi connectivity index (χ1v) is 29.6. The molecule has 0 saturated carbocycles. The molecule has 23 nitrogen and oxygen atoms in total. The molecule has 0 spiro atoms. The molecule has 82 heavy (non-hydrogen) atoms. The van der Waals surface area contributed by atoms with Crippen LogP contribution < -0.4 is 53.6 Å². The highest BCUT2D eigenvalue weighted by Gasteiger charge is 2.29. The zero-order valence-electron chi connectivity index (χ0n) is 46.6. The fourth-order valence-electron chi connectivity index (χ4n) is 7.14. The molecular formula is C56H78ClN11O12S2. The number of nitrogens with two attached hydrogens (primary N) is 1. The molecule has 4 unspecified atom stereocenters. The number of aromatic hydroxyl groups is 2. The first-order chi connectivity index (χ1) is 39.3. The number of aliphatic hydroxyl groups is 1. The third kappa shape index (κ3) is 30.9. The molecule has 4 rings (SSSR count). The van der Waals surface area contributed by atoms with Crippen LogP contribution in [0.2, 0.25) is 5.02 Å². The van der Waals surface area contributed by atoms with E-state index in [0.29, 0.717) is 47.5 Å². The SMILES string of the molecule is CCCCNC(=O)c1cccnc1.CCO.CNCCCCC(NC(=O)CNC(=O)C(Cc1ccc(O)cc1)NC(=O)C(CSSC)NC(=O)CCc1ccc(Cl)cc1)C(=O)NCC(=O)NCC(=O)NC(Cc1ccc(O)cc1)C(N)=O. The molecule has 3 aromatic carbocycles. The summed E-state index contributed by atoms with van der Waals surface area (Å²) in [6.45, 7) is 3.70. The van der Waals surface area contributed by atoms with Crippen LogP contribution in [0.4, 0.5) is 0 Å². The van der Waals surface area contributed by atoms with Gasteiger partial charge >= 0.3 is 0 Å². The van der Waals surface area contributed by atoms with E-state index in [1.807, 2.05) is 6.26 Å². The molecule has 448 valence electrons. The molecular weight excluding hydrogens is 1120 g/mol. The summed E-state index contributed by atoms with van der Waals surface area (Å²) in [6.07, 6.45) is 8.97. The van der Waals surface area contributed by atoms with Gasteiger partial charge in [0.15, 0.2) is 0 Å². The Balaban J connectivity index is 0.00000123. The van der Waals surface area contributed by atoms with Crippen LogP contribution >= 0.6 is 33.2 Å². The van der Waals surface area contributed by atoms with Gasteiger partial charge in [0.05, 0.1) is 25.2 Å². The standard InChI is InChI=1S/C44H58ClN9O10S2.C10H14N2O.C2H6O/c1-47-20-4-3-5-33(42(62)49-23-38(58)48-24-39(59)52-34(41(46)61)21-28-8-15-31(55)16-9-28)51-40(60)25-50-43(63)35(22-29-10-17-32(56)18-11-29)54-44(64)36(26-66-65-2)53-37(57)19-12-27-6-13-30(45)14-7-27;1-2-3-7-12-10(13)9-5-4-6-11-8-9;1-2-3/h6-11,13-18,33-36,47,55-56H,3-5,12,19-26H2,1-2H3,(H2,46,61)(H,48,58)(H,49,62)(H,50,63)(H,51,60)(H,52,59)(H,53,57)(H,54,64);4-6,8H,2-3,7H2,1H3,(H,12,13);3H,2H2,1H3. The van der Waals surface area contributed by atoms with Gasteiger partial charge in [-0.1, -0.05) is 82.9 Å². The van der Waals surface area contributed by atoms with E-state index in [1.165, 1.54) is 45.9 Å². The first kappa shape index (κ1) is 70.7. The van der Waals surface area contributed by atoms with Crippen molar-refractivity contribution in [3.63, 3.8) is 0 Å². The summed E-state index contributed by atoms with van der Waals surface area (Å²) < 4.78 is 0. The van der Waals surface area contributed by atoms with Crippen LogP contribution in [0.25, 0.3) is 0 Å². The van der Waals surface area contributed by atoms with Crippen molar-refractivity contribution in [2.45, 2.75) is 95.8 Å². The smallest absolute Gasteiger partial charge is 0.252 e. The Hall–Kier alpha value is -7.45. The second-order valence-corrected chi connectivity index (χ2v) is 21.2. The summed E-state index contributed by atoms with van der Waals surface area (Å²) in [5.74, 6) is -5.33. The Labute approximate surface area is 491 Å². The molecule has 0 fully saturated rings. The molecule has 9 amide bonds. The fraction of sp³-hybridized carbons (Fsp3) is 0.429. The molecule has 1 heterocycles. The number of benzene rings is 3. The van der Waals surface area contributed by atoms with Crippen LogP contribution in [0.3, 0.4) is 0 Å². The van der Waals surface area contributed by atoms with E-state index < -0.39 is 85.2 Å². The van der Waals surface area contributed by atoms with Crippen molar-refractivity contribution < 1.29 is 58.5 Å². The largest absolute Gasteiger partial charge is 0.508 e. The number of hydrogen-bond acceptors (Lipinski definition) is 16. The second-order valence-electron chi connectivity index (χ2n) is 18.1. The van der Waals surface area contributed by atoms with Gasteiger partial charge < -0.3 is 68.9 Å². The Kier molecular flexibility index (Phi) is 35.8. The summed E-state index contributed by atoms with van der Waals surface area (Å²) in [5, 5.41) is 51.1. The monoisotopic (exact) mass is 1200 g/mol. The Morgan fingerprint density at radius 1 is 0.610 bits per heavy atom. The van der Waals surface area contributed by atoms with E-state index in [0.717, 1.165) is 24.9 Å². The van der Waals surface area contributed by atoms with Gasteiger partial charge in [-0.15, -0.1) is 0 Å². The first-order valence-electron chi connectivity index (χ1n) is 26.5. The lowest BCUT2D eigenvalue weighted by molar-refractivity contribution is -0.133. The van der Waals surface area contributed by atoms with E-state index in [4.69, 9.17) is 22.4 Å². The normalized spacial score (nSPS) is 11.9. The van der Waals surface area contributed by atoms with Crippen molar-refractivity contribution in [3.05, 3.63) is 125 Å². The molecule has 0 aliphatic heterocycles. The fourth-order valence-corrected chi connectivity index (χ4v) is 8.59. The van der Waals surface area contributed by atoms with Crippen LogP contribution in [-0.4, -0.2) is 156 Å². The highest BCUT2D eigenvalue weighted by atomic mass is 35.5. The lowest BCUT2D eigenvalue weighted by atomic mass is 10.0. The quantitative estimate of drug-likeness (QED) is 0.0239. The van der Waals surface area contributed by atoms with Crippen molar-refractivity contribution >= 4 is 86.4 Å². The van der Waals surface area contributed by atoms with Gasteiger partial charge in [-0.25, -0.2) is 0 Å². The molecule has 0 aliphatic carbocycles. The number of phenols is 2. The van der Waals surface area contributed by atoms with Gasteiger partial charge in [0.1, 0.15) is 35.7 Å². The number of halogens is 1. The number of unbranched alkanes of at least 4 members (excludes halogenated alkanes) is 2. The maximum absolute atomic E-state index is 13.7. The number of carbonyl (C=O) groups excluding carboxylic acids is 9. The number of nitrogens with zero attached hydrogens (tertiary/aromatic N) is 1. The van der Waals surface area contributed by atoms with Crippen LogP contribution in [0.15, 0.2) is 97.3 Å². The number of carbonyl (C=O) groups is 9. The van der Waals surface area contributed by atoms with Gasteiger partial charge in [-0.2, -0.15) is 0 Å². The van der Waals surface area contributed by atoms with Crippen LogP contribution in [0.5, 0.6) is 11.5 Å². The van der Waals surface area contributed by atoms with Crippen molar-refractivity contribution in [2.24, 2.45) is 5.73 Å². The predicted octanol–water partition coefficient (Wildman–Crippen LogP) is 1.95. The van der Waals surface area contributed by atoms with Gasteiger partial charge in [-0.3, -0.25) is 48.1 Å². The van der Waals surface area contributed by atoms with E-state index in [1.54, 1.807) is 87.0 Å². The predicted molar refractivity (Wildman–Crippen MR) is 317 cm³/mol. The zero-order chi connectivity index (χ0) is 60.7. The highest BCUT2D eigenvalue weighted by Crippen LogP contribution is 2.19. The molecule has 0 saturated heterocycles. The minimum atomic E-state index is -1.23. The number of amides is 9. The number of nitrogens with one attached hydrogen (secondary N) is 9. The number of hydrogen-bond donors (Lipinski definition) is 13. The Morgan fingerprint density at radius 3 is 1.70 bits per heavy atom. The number of pyridine rings is 1. The molecule has 26 heteroatoms. The number of aliphatic hydroxyl groups excluding tert-OH is 1. The molecule has 0 aliphatic rings. The molecule has 4 aromatic rings. The number of rotatable bonds is 33. The molecule has 14 N–H and O–H groups in total. The van der Waals surface area contributed by atoms with Crippen LogP contribution in [0, 0.1) is 0 Å². The summed E-state index contributed by atoms with van der Waals surface area (Å²) in [5.41, 5.74) is 8.14. The molecule has 4 atom stereocenters. The maximum Gasteiger partial charge on any atom is 0.252 e. The zero-order valence-corrected chi connectivity index (χ0v) is 49.0. The lowest BCUT2D eigenvalue weighted by Crippen LogP contribution is -2.56. The minimum Gasteiger partial charge on any atom is -0.508 e. The third-order valence-electron chi connectivity index (χ3n) is 11.5. The lowest BCUT2D eigenvalue weighted by Gasteiger charge is -2.23. The van der Waals surface area contributed by atoms with Crippen molar-refractivity contribution in [2.75, 3.05) is 58.4 Å². The minimum absolute atomic E-state index is 0.0115. The number of aromatic nitrogens is 1. The second kappa shape index (κ2) is 41.5. The van der Waals surface area contributed by atoms with Crippen LogP contribution in [0.1, 0.15) is 79.4 Å². The van der Waals surface area contributed by atoms with Gasteiger partial charge in [0.25, 0.3) is 5.91 Å². The highest BCUT2D eigenvalue weighted by molar-refractivity contribution is 8.76. The average Bonchev–Trinajstić information content (AvgIpc) is 3.47. The average molecular weight is 1200 g/mol. The van der Waals surface area contributed by atoms with Crippen LogP contribution in [-0.2, 0) is 57.6 Å². The summed E-state index contributed by atoms with van der Waals surface area (Å²) in [4.78, 5) is 119. The van der Waals surface area contributed by atoms with Gasteiger partial charge in [0.2, 0.25) is 47.3 Å². The van der Waals surface area contributed by atoms with Gasteiger partial charge in [-0.05, 0) is 124 Å². The maximum atomic E-state index is 13.7.